The highest BCUT2D eigenvalue weighted by Gasteiger charge is 2.25. The highest BCUT2D eigenvalue weighted by molar-refractivity contribution is 7.99. The largest absolute Gasteiger partial charge is 0.370 e. The van der Waals surface area contributed by atoms with Crippen molar-refractivity contribution in [1.29, 1.82) is 0 Å². The Morgan fingerprint density at radius 3 is 2.64 bits per heavy atom. The molecule has 3 aromatic heterocycles. The molecule has 2 aliphatic rings. The molecule has 4 heterocycles. The smallest absolute Gasteiger partial charge is 0.194 e. The first-order chi connectivity index (χ1) is 13.7. The molecule has 6 nitrogen and oxygen atoms in total. The monoisotopic (exact) mass is 414 g/mol. The fourth-order valence-electron chi connectivity index (χ4n) is 4.04. The molecule has 0 amide bonds. The topological polar surface area (TPSA) is 65.2 Å². The van der Waals surface area contributed by atoms with E-state index in [1.165, 1.54) is 33.6 Å². The minimum Gasteiger partial charge on any atom is -0.370 e. The summed E-state index contributed by atoms with van der Waals surface area (Å²) in [4.78, 5) is 23.4. The molecule has 1 aliphatic carbocycles. The third-order valence-corrected chi connectivity index (χ3v) is 7.38. The van der Waals surface area contributed by atoms with Crippen molar-refractivity contribution < 1.29 is 9.64 Å². The molecule has 0 bridgehead atoms. The average molecular weight is 415 g/mol. The maximum absolute atomic E-state index is 5.49. The Morgan fingerprint density at radius 2 is 1.86 bits per heavy atom. The molecule has 0 radical (unpaired) electrons. The van der Waals surface area contributed by atoms with Crippen LogP contribution in [0.4, 0.5) is 0 Å². The van der Waals surface area contributed by atoms with Gasteiger partial charge in [-0.1, -0.05) is 0 Å². The second-order valence-corrected chi connectivity index (χ2v) is 9.60. The summed E-state index contributed by atoms with van der Waals surface area (Å²) in [7, 11) is 0. The van der Waals surface area contributed by atoms with E-state index in [9.17, 15) is 0 Å². The summed E-state index contributed by atoms with van der Waals surface area (Å²) in [6, 6.07) is 2.01. The van der Waals surface area contributed by atoms with E-state index < -0.39 is 0 Å². The van der Waals surface area contributed by atoms with E-state index in [1.807, 2.05) is 31.3 Å². The van der Waals surface area contributed by atoms with Crippen LogP contribution in [0.2, 0.25) is 0 Å². The number of morpholine rings is 1. The first-order valence-electron chi connectivity index (χ1n) is 9.88. The number of hydrogen-bond acceptors (Lipinski definition) is 7. The van der Waals surface area contributed by atoms with Gasteiger partial charge in [0.2, 0.25) is 0 Å². The minimum absolute atomic E-state index is 0.778. The molecule has 0 saturated carbocycles. The SMILES string of the molecule is Cc1cc(C)nc(Sc2nc(C[NH+]3CCOCC3)nc3sc4c(c23)CCC4)n1. The summed E-state index contributed by atoms with van der Waals surface area (Å²) < 4.78 is 5.49. The van der Waals surface area contributed by atoms with Gasteiger partial charge in [-0.2, -0.15) is 0 Å². The molecule has 3 aromatic rings. The number of nitrogens with zero attached hydrogens (tertiary/aromatic N) is 4. The zero-order valence-corrected chi connectivity index (χ0v) is 17.9. The maximum Gasteiger partial charge on any atom is 0.194 e. The van der Waals surface area contributed by atoms with Gasteiger partial charge in [-0.3, -0.25) is 0 Å². The molecule has 8 heteroatoms. The van der Waals surface area contributed by atoms with Gasteiger partial charge in [0.15, 0.2) is 11.0 Å². The van der Waals surface area contributed by atoms with E-state index in [0.717, 1.165) is 71.5 Å². The summed E-state index contributed by atoms with van der Waals surface area (Å²) >= 11 is 3.45. The van der Waals surface area contributed by atoms with Crippen molar-refractivity contribution in [2.75, 3.05) is 26.3 Å². The first kappa shape index (κ1) is 18.4. The Kier molecular flexibility index (Phi) is 5.04. The van der Waals surface area contributed by atoms with Crippen molar-refractivity contribution in [3.8, 4) is 0 Å². The lowest BCUT2D eigenvalue weighted by Gasteiger charge is -2.23. The van der Waals surface area contributed by atoms with Crippen molar-refractivity contribution in [2.24, 2.45) is 0 Å². The van der Waals surface area contributed by atoms with E-state index in [2.05, 4.69) is 9.97 Å². The molecule has 1 aliphatic heterocycles. The number of nitrogens with one attached hydrogen (secondary N) is 1. The van der Waals surface area contributed by atoms with Crippen LogP contribution in [0.1, 0.15) is 34.1 Å². The lowest BCUT2D eigenvalue weighted by Crippen LogP contribution is -3.12. The number of aromatic nitrogens is 4. The summed E-state index contributed by atoms with van der Waals surface area (Å²) in [5, 5.41) is 3.04. The normalized spacial score (nSPS) is 17.4. The van der Waals surface area contributed by atoms with Gasteiger partial charge in [-0.05, 0) is 56.5 Å². The van der Waals surface area contributed by atoms with E-state index in [1.54, 1.807) is 11.8 Å². The molecule has 0 unspecified atom stereocenters. The van der Waals surface area contributed by atoms with Crippen LogP contribution in [0.3, 0.4) is 0 Å². The molecule has 146 valence electrons. The van der Waals surface area contributed by atoms with E-state index in [-0.39, 0.29) is 0 Å². The van der Waals surface area contributed by atoms with Gasteiger partial charge < -0.3 is 9.64 Å². The van der Waals surface area contributed by atoms with Crippen LogP contribution in [-0.2, 0) is 24.1 Å². The van der Waals surface area contributed by atoms with E-state index >= 15 is 0 Å². The third-order valence-electron chi connectivity index (χ3n) is 5.34. The number of rotatable bonds is 4. The van der Waals surface area contributed by atoms with Gasteiger partial charge in [0.05, 0.1) is 13.2 Å². The minimum atomic E-state index is 0.778. The quantitative estimate of drug-likeness (QED) is 0.521. The lowest BCUT2D eigenvalue weighted by atomic mass is 10.2. The molecule has 1 saturated heterocycles. The molecule has 0 spiro atoms. The number of hydrogen-bond donors (Lipinski definition) is 1. The van der Waals surface area contributed by atoms with Gasteiger partial charge in [-0.15, -0.1) is 11.3 Å². The van der Waals surface area contributed by atoms with Crippen molar-refractivity contribution in [3.63, 3.8) is 0 Å². The fourth-order valence-corrected chi connectivity index (χ4v) is 6.41. The molecule has 0 atom stereocenters. The summed E-state index contributed by atoms with van der Waals surface area (Å²) in [6.45, 7) is 8.57. The summed E-state index contributed by atoms with van der Waals surface area (Å²) in [5.74, 6) is 0.927. The third kappa shape index (κ3) is 3.66. The van der Waals surface area contributed by atoms with Crippen LogP contribution in [0.15, 0.2) is 16.2 Å². The first-order valence-corrected chi connectivity index (χ1v) is 11.5. The Balaban J connectivity index is 1.56. The molecule has 5 rings (SSSR count). The van der Waals surface area contributed by atoms with Gasteiger partial charge in [0.1, 0.15) is 29.5 Å². The van der Waals surface area contributed by atoms with Crippen molar-refractivity contribution in [1.82, 2.24) is 19.9 Å². The van der Waals surface area contributed by atoms with Crippen LogP contribution >= 0.6 is 23.1 Å². The van der Waals surface area contributed by atoms with Crippen molar-refractivity contribution in [2.45, 2.75) is 49.8 Å². The second-order valence-electron chi connectivity index (χ2n) is 7.56. The maximum atomic E-state index is 5.49. The van der Waals surface area contributed by atoms with Crippen molar-refractivity contribution >= 4 is 33.3 Å². The summed E-state index contributed by atoms with van der Waals surface area (Å²) in [5.41, 5.74) is 3.44. The second kappa shape index (κ2) is 7.67. The van der Waals surface area contributed by atoms with Gasteiger partial charge >= 0.3 is 0 Å². The molecule has 1 fully saturated rings. The van der Waals surface area contributed by atoms with Gasteiger partial charge in [-0.25, -0.2) is 19.9 Å². The Hall–Kier alpha value is -1.61. The van der Waals surface area contributed by atoms with Gasteiger partial charge in [0, 0.05) is 21.7 Å². The predicted molar refractivity (Wildman–Crippen MR) is 110 cm³/mol. The average Bonchev–Trinajstić information content (AvgIpc) is 3.22. The Labute approximate surface area is 172 Å². The molecule has 1 N–H and O–H groups in total. The standard InChI is InChI=1S/C20H23N5OS2/c1-12-10-13(2)22-20(21-12)28-19-17-14-4-3-5-15(14)27-18(17)23-16(24-19)11-25-6-8-26-9-7-25/h10H,3-9,11H2,1-2H3/p+1. The molecular formula is C20H24N5OS2+. The van der Waals surface area contributed by atoms with Gasteiger partial charge in [0.25, 0.3) is 0 Å². The van der Waals surface area contributed by atoms with Crippen LogP contribution < -0.4 is 4.90 Å². The van der Waals surface area contributed by atoms with E-state index in [4.69, 9.17) is 14.7 Å². The number of thiophene rings is 1. The Bertz CT molecular complexity index is 1010. The van der Waals surface area contributed by atoms with Crippen LogP contribution in [0, 0.1) is 13.8 Å². The molecular weight excluding hydrogens is 390 g/mol. The zero-order chi connectivity index (χ0) is 19.1. The van der Waals surface area contributed by atoms with Crippen LogP contribution in [0.25, 0.3) is 10.2 Å². The Morgan fingerprint density at radius 1 is 1.07 bits per heavy atom. The zero-order valence-electron chi connectivity index (χ0n) is 16.2. The highest BCUT2D eigenvalue weighted by atomic mass is 32.2. The number of aryl methyl sites for hydroxylation is 4. The number of quaternary nitrogens is 1. The lowest BCUT2D eigenvalue weighted by molar-refractivity contribution is -0.922. The van der Waals surface area contributed by atoms with Crippen LogP contribution in [-0.4, -0.2) is 46.2 Å². The fraction of sp³-hybridized carbons (Fsp3) is 0.500. The predicted octanol–water partition coefficient (Wildman–Crippen LogP) is 2.15. The van der Waals surface area contributed by atoms with Crippen molar-refractivity contribution in [3.05, 3.63) is 33.7 Å². The number of ether oxygens (including phenoxy) is 1. The van der Waals surface area contributed by atoms with Crippen LogP contribution in [0.5, 0.6) is 0 Å². The van der Waals surface area contributed by atoms with E-state index in [0.29, 0.717) is 0 Å². The number of fused-ring (bicyclic) bond motifs is 3. The summed E-state index contributed by atoms with van der Waals surface area (Å²) in [6.07, 6.45) is 3.54. The molecule has 0 aromatic carbocycles. The molecule has 28 heavy (non-hydrogen) atoms. The highest BCUT2D eigenvalue weighted by Crippen LogP contribution is 2.41.